The summed E-state index contributed by atoms with van der Waals surface area (Å²) in [6.07, 6.45) is 1.57. The van der Waals surface area contributed by atoms with Crippen molar-refractivity contribution in [3.05, 3.63) is 0 Å². The third-order valence-corrected chi connectivity index (χ3v) is 3.19. The smallest absolute Gasteiger partial charge is 0.269 e. The minimum Gasteiger partial charge on any atom is -0.368 e. The van der Waals surface area contributed by atoms with Crippen molar-refractivity contribution in [1.82, 2.24) is 0 Å². The van der Waals surface area contributed by atoms with E-state index in [0.29, 0.717) is 6.42 Å². The van der Waals surface area contributed by atoms with Crippen LogP contribution in [-0.2, 0) is 19.0 Å². The fourth-order valence-corrected chi connectivity index (χ4v) is 2.36. The Morgan fingerprint density at radius 1 is 1.31 bits per heavy atom. The summed E-state index contributed by atoms with van der Waals surface area (Å²) in [4.78, 5) is 0. The van der Waals surface area contributed by atoms with Crippen LogP contribution in [0.2, 0.25) is 0 Å². The molecule has 0 aliphatic carbocycles. The van der Waals surface area contributed by atoms with Gasteiger partial charge in [0.1, 0.15) is 11.9 Å². The summed E-state index contributed by atoms with van der Waals surface area (Å²) < 4.78 is 32.2. The molecule has 0 spiro atoms. The maximum atomic E-state index is 11.2. The normalized spacial score (nSPS) is 27.5. The fraction of sp³-hybridized carbons (Fsp3) is 1.00. The molecule has 1 aliphatic heterocycles. The molecule has 78 valence electrons. The van der Waals surface area contributed by atoms with Gasteiger partial charge in [-0.25, -0.2) is 0 Å². The summed E-state index contributed by atoms with van der Waals surface area (Å²) in [5, 5.41) is 0. The van der Waals surface area contributed by atoms with E-state index in [1.165, 1.54) is 0 Å². The van der Waals surface area contributed by atoms with Crippen molar-refractivity contribution in [2.24, 2.45) is 0 Å². The number of epoxide rings is 1. The standard InChI is InChI=1S/C8H16O4S/c1-3-5-11-13(9,10)6-8-7(4-2)12-8/h7-8H,3-6H2,1-2H3. The first-order chi connectivity index (χ1) is 6.09. The monoisotopic (exact) mass is 208 g/mol. The Hall–Kier alpha value is -0.130. The largest absolute Gasteiger partial charge is 0.368 e. The van der Waals surface area contributed by atoms with Crippen LogP contribution in [0.25, 0.3) is 0 Å². The predicted octanol–water partition coefficient (Wildman–Crippen LogP) is 0.920. The van der Waals surface area contributed by atoms with E-state index >= 15 is 0 Å². The highest BCUT2D eigenvalue weighted by Gasteiger charge is 2.40. The summed E-state index contributed by atoms with van der Waals surface area (Å²) in [6, 6.07) is 0. The van der Waals surface area contributed by atoms with E-state index in [1.807, 2.05) is 13.8 Å². The Bertz CT molecular complexity index is 247. The summed E-state index contributed by atoms with van der Waals surface area (Å²) >= 11 is 0. The molecule has 0 aromatic carbocycles. The minimum atomic E-state index is -3.35. The lowest BCUT2D eigenvalue weighted by Gasteiger charge is -2.01. The molecule has 1 aliphatic rings. The Labute approximate surface area is 79.3 Å². The third kappa shape index (κ3) is 3.62. The molecular formula is C8H16O4S. The van der Waals surface area contributed by atoms with Gasteiger partial charge in [0.25, 0.3) is 10.1 Å². The first-order valence-corrected chi connectivity index (χ1v) is 6.19. The van der Waals surface area contributed by atoms with Crippen LogP contribution in [-0.4, -0.2) is 33.0 Å². The van der Waals surface area contributed by atoms with Gasteiger partial charge in [-0.05, 0) is 12.8 Å². The second kappa shape index (κ2) is 4.39. The Morgan fingerprint density at radius 3 is 2.46 bits per heavy atom. The van der Waals surface area contributed by atoms with Gasteiger partial charge in [0, 0.05) is 0 Å². The third-order valence-electron chi connectivity index (χ3n) is 1.93. The lowest BCUT2D eigenvalue weighted by molar-refractivity contribution is 0.312. The maximum absolute atomic E-state index is 11.2. The summed E-state index contributed by atoms with van der Waals surface area (Å²) in [7, 11) is -3.35. The second-order valence-corrected chi connectivity index (χ2v) is 4.85. The van der Waals surface area contributed by atoms with Gasteiger partial charge >= 0.3 is 0 Å². The van der Waals surface area contributed by atoms with Crippen molar-refractivity contribution >= 4 is 10.1 Å². The molecule has 5 heteroatoms. The lowest BCUT2D eigenvalue weighted by atomic mass is 10.3. The van der Waals surface area contributed by atoms with Crippen molar-refractivity contribution in [3.8, 4) is 0 Å². The van der Waals surface area contributed by atoms with Crippen LogP contribution in [0.3, 0.4) is 0 Å². The highest BCUT2D eigenvalue weighted by atomic mass is 32.2. The van der Waals surface area contributed by atoms with Gasteiger partial charge in [0.05, 0.1) is 12.7 Å². The van der Waals surface area contributed by atoms with Crippen LogP contribution in [0, 0.1) is 0 Å². The van der Waals surface area contributed by atoms with Gasteiger partial charge in [-0.15, -0.1) is 0 Å². The van der Waals surface area contributed by atoms with Gasteiger partial charge in [0.15, 0.2) is 0 Å². The van der Waals surface area contributed by atoms with Crippen molar-refractivity contribution in [2.45, 2.75) is 38.9 Å². The average Bonchev–Trinajstić information content (AvgIpc) is 2.79. The van der Waals surface area contributed by atoms with E-state index in [0.717, 1.165) is 6.42 Å². The number of rotatable bonds is 6. The van der Waals surface area contributed by atoms with Crippen molar-refractivity contribution in [3.63, 3.8) is 0 Å². The molecule has 0 bridgehead atoms. The molecule has 0 N–H and O–H groups in total. The first-order valence-electron chi connectivity index (χ1n) is 4.61. The van der Waals surface area contributed by atoms with E-state index in [-0.39, 0.29) is 24.6 Å². The molecule has 2 unspecified atom stereocenters. The minimum absolute atomic E-state index is 0.00546. The van der Waals surface area contributed by atoms with Crippen molar-refractivity contribution < 1.29 is 17.3 Å². The molecule has 1 heterocycles. The molecule has 0 radical (unpaired) electrons. The average molecular weight is 208 g/mol. The quantitative estimate of drug-likeness (QED) is 0.481. The molecule has 4 nitrogen and oxygen atoms in total. The van der Waals surface area contributed by atoms with Gasteiger partial charge in [-0.2, -0.15) is 8.42 Å². The summed E-state index contributed by atoms with van der Waals surface area (Å²) in [5.41, 5.74) is 0. The SMILES string of the molecule is CCCOS(=O)(=O)CC1OC1CC. The van der Waals surface area contributed by atoms with E-state index in [9.17, 15) is 8.42 Å². The Morgan fingerprint density at radius 2 is 2.00 bits per heavy atom. The summed E-state index contributed by atoms with van der Waals surface area (Å²) in [5.74, 6) is 0.00546. The first kappa shape index (κ1) is 10.9. The second-order valence-electron chi connectivity index (χ2n) is 3.17. The van der Waals surface area contributed by atoms with Crippen LogP contribution in [0.1, 0.15) is 26.7 Å². The molecule has 1 saturated heterocycles. The number of hydrogen-bond acceptors (Lipinski definition) is 4. The zero-order valence-electron chi connectivity index (χ0n) is 8.02. The molecule has 1 fully saturated rings. The van der Waals surface area contributed by atoms with Crippen molar-refractivity contribution in [2.75, 3.05) is 12.4 Å². The molecule has 0 aromatic rings. The highest BCUT2D eigenvalue weighted by molar-refractivity contribution is 7.86. The topological polar surface area (TPSA) is 55.9 Å². The summed E-state index contributed by atoms with van der Waals surface area (Å²) in [6.45, 7) is 4.12. The van der Waals surface area contributed by atoms with Crippen LogP contribution < -0.4 is 0 Å². The molecule has 0 amide bonds. The lowest BCUT2D eigenvalue weighted by Crippen LogP contribution is -2.16. The predicted molar refractivity (Wildman–Crippen MR) is 49.0 cm³/mol. The maximum Gasteiger partial charge on any atom is 0.269 e. The van der Waals surface area contributed by atoms with Gasteiger partial charge in [-0.1, -0.05) is 13.8 Å². The molecule has 13 heavy (non-hydrogen) atoms. The van der Waals surface area contributed by atoms with Gasteiger partial charge < -0.3 is 4.74 Å². The van der Waals surface area contributed by atoms with E-state index in [1.54, 1.807) is 0 Å². The zero-order chi connectivity index (χ0) is 9.90. The molecule has 1 rings (SSSR count). The Balaban J connectivity index is 2.27. The van der Waals surface area contributed by atoms with Crippen LogP contribution >= 0.6 is 0 Å². The number of ether oxygens (including phenoxy) is 1. The van der Waals surface area contributed by atoms with Crippen LogP contribution in [0.5, 0.6) is 0 Å². The molecule has 0 saturated carbocycles. The fourth-order valence-electron chi connectivity index (χ4n) is 1.14. The zero-order valence-corrected chi connectivity index (χ0v) is 8.84. The van der Waals surface area contributed by atoms with Crippen molar-refractivity contribution in [1.29, 1.82) is 0 Å². The van der Waals surface area contributed by atoms with E-state index < -0.39 is 10.1 Å². The number of hydrogen-bond donors (Lipinski definition) is 0. The van der Waals surface area contributed by atoms with E-state index in [4.69, 9.17) is 8.92 Å². The van der Waals surface area contributed by atoms with Crippen LogP contribution in [0.15, 0.2) is 0 Å². The van der Waals surface area contributed by atoms with Crippen LogP contribution in [0.4, 0.5) is 0 Å². The van der Waals surface area contributed by atoms with E-state index in [2.05, 4.69) is 0 Å². The highest BCUT2D eigenvalue weighted by Crippen LogP contribution is 2.26. The Kier molecular flexibility index (Phi) is 3.70. The van der Waals surface area contributed by atoms with Gasteiger partial charge in [0.2, 0.25) is 0 Å². The molecule has 0 aromatic heterocycles. The van der Waals surface area contributed by atoms with Gasteiger partial charge in [-0.3, -0.25) is 4.18 Å². The molecular weight excluding hydrogens is 192 g/mol. The molecule has 2 atom stereocenters.